The van der Waals surface area contributed by atoms with Crippen LogP contribution < -0.4 is 5.32 Å². The van der Waals surface area contributed by atoms with Crippen molar-refractivity contribution >= 4 is 27.3 Å². The number of hydrogen-bond donors (Lipinski definition) is 1. The predicted molar refractivity (Wildman–Crippen MR) is 118 cm³/mol. The van der Waals surface area contributed by atoms with Crippen molar-refractivity contribution in [1.29, 1.82) is 0 Å². The Balaban J connectivity index is 1.68. The zero-order valence-corrected chi connectivity index (χ0v) is 18.8. The normalized spacial score (nSPS) is 11.8. The number of sulfone groups is 1. The molecule has 0 spiro atoms. The third-order valence-corrected chi connectivity index (χ3v) is 6.44. The molecule has 0 aliphatic heterocycles. The molecule has 11 heteroatoms. The van der Waals surface area contributed by atoms with Gasteiger partial charge in [-0.15, -0.1) is 0 Å². The number of benzene rings is 2. The molecule has 0 bridgehead atoms. The van der Waals surface area contributed by atoms with Gasteiger partial charge >= 0.3 is 12.1 Å². The van der Waals surface area contributed by atoms with Gasteiger partial charge < -0.3 is 14.6 Å². The van der Waals surface area contributed by atoms with E-state index in [2.05, 4.69) is 5.32 Å². The van der Waals surface area contributed by atoms with Gasteiger partial charge in [0.1, 0.15) is 11.5 Å². The average molecular weight is 494 g/mol. The van der Waals surface area contributed by atoms with E-state index in [4.69, 9.17) is 4.42 Å². The molecule has 0 saturated carbocycles. The maximum atomic E-state index is 12.7. The molecule has 0 fully saturated rings. The van der Waals surface area contributed by atoms with Gasteiger partial charge in [0.25, 0.3) is 5.91 Å². The summed E-state index contributed by atoms with van der Waals surface area (Å²) in [5.41, 5.74) is 0.652. The van der Waals surface area contributed by atoms with Crippen LogP contribution in [0, 0.1) is 0 Å². The lowest BCUT2D eigenvalue weighted by atomic mass is 10.2. The van der Waals surface area contributed by atoms with Crippen LogP contribution in [0.4, 0.5) is 18.9 Å². The molecule has 0 aliphatic carbocycles. The van der Waals surface area contributed by atoms with Crippen LogP contribution >= 0.6 is 0 Å². The zero-order valence-electron chi connectivity index (χ0n) is 18.0. The van der Waals surface area contributed by atoms with Gasteiger partial charge in [0.15, 0.2) is 15.6 Å². The highest BCUT2D eigenvalue weighted by molar-refractivity contribution is 7.90. The van der Waals surface area contributed by atoms with Gasteiger partial charge in [-0.3, -0.25) is 9.59 Å². The maximum absolute atomic E-state index is 12.7. The van der Waals surface area contributed by atoms with Gasteiger partial charge in [0, 0.05) is 18.8 Å². The van der Waals surface area contributed by atoms with Crippen LogP contribution in [-0.4, -0.2) is 37.9 Å². The van der Waals surface area contributed by atoms with Gasteiger partial charge in [-0.1, -0.05) is 30.3 Å². The Morgan fingerprint density at radius 3 is 2.35 bits per heavy atom. The molecule has 1 heterocycles. The molecule has 7 nitrogen and oxygen atoms in total. The van der Waals surface area contributed by atoms with Gasteiger partial charge in [-0.2, -0.15) is 13.2 Å². The summed E-state index contributed by atoms with van der Waals surface area (Å²) < 4.78 is 68.5. The quantitative estimate of drug-likeness (QED) is 0.500. The molecule has 2 amide bonds. The highest BCUT2D eigenvalue weighted by Gasteiger charge is 2.41. The third-order valence-electron chi connectivity index (χ3n) is 4.79. The summed E-state index contributed by atoms with van der Waals surface area (Å²) in [6, 6.07) is 16.5. The standard InChI is InChI=1S/C23H21F3N2O5S/c1-2-28(22(30)23(24,25)26)14-16-7-6-8-17(13-16)27-21(29)20-12-11-18(33-20)15-34(31,32)19-9-4-3-5-10-19/h3-13H,2,14-15H2,1H3,(H,27,29). The van der Waals surface area contributed by atoms with E-state index < -0.39 is 33.6 Å². The first-order valence-corrected chi connectivity index (χ1v) is 11.8. The van der Waals surface area contributed by atoms with Crippen LogP contribution in [0.2, 0.25) is 0 Å². The highest BCUT2D eigenvalue weighted by atomic mass is 32.2. The van der Waals surface area contributed by atoms with E-state index in [1.165, 1.54) is 55.5 Å². The Bertz CT molecular complexity index is 1270. The number of amides is 2. The number of rotatable bonds is 8. The van der Waals surface area contributed by atoms with Gasteiger partial charge in [-0.25, -0.2) is 8.42 Å². The lowest BCUT2D eigenvalue weighted by Crippen LogP contribution is -2.40. The van der Waals surface area contributed by atoms with Crippen LogP contribution in [0.5, 0.6) is 0 Å². The van der Waals surface area contributed by atoms with Crippen LogP contribution in [0.15, 0.2) is 76.0 Å². The fraction of sp³-hybridized carbons (Fsp3) is 0.217. The van der Waals surface area contributed by atoms with Crippen molar-refractivity contribution in [2.75, 3.05) is 11.9 Å². The molecule has 2 aromatic carbocycles. The van der Waals surface area contributed by atoms with Crippen molar-refractivity contribution < 1.29 is 35.6 Å². The predicted octanol–water partition coefficient (Wildman–Crippen LogP) is 4.42. The van der Waals surface area contributed by atoms with E-state index in [0.29, 0.717) is 10.5 Å². The Morgan fingerprint density at radius 1 is 1.00 bits per heavy atom. The summed E-state index contributed by atoms with van der Waals surface area (Å²) in [6.45, 7) is 0.999. The average Bonchev–Trinajstić information content (AvgIpc) is 3.25. The van der Waals surface area contributed by atoms with E-state index in [0.717, 1.165) is 0 Å². The van der Waals surface area contributed by atoms with Crippen LogP contribution in [0.1, 0.15) is 28.8 Å². The van der Waals surface area contributed by atoms with E-state index in [-0.39, 0.29) is 35.2 Å². The zero-order chi connectivity index (χ0) is 24.9. The Hall–Kier alpha value is -3.60. The molecule has 3 rings (SSSR count). The lowest BCUT2D eigenvalue weighted by molar-refractivity contribution is -0.185. The Labute approximate surface area is 194 Å². The summed E-state index contributed by atoms with van der Waals surface area (Å²) in [4.78, 5) is 24.8. The minimum atomic E-state index is -4.98. The molecular weight excluding hydrogens is 473 g/mol. The van der Waals surface area contributed by atoms with Crippen LogP contribution in [0.3, 0.4) is 0 Å². The first kappa shape index (κ1) is 25.0. The van der Waals surface area contributed by atoms with Gasteiger partial charge in [0.05, 0.1) is 4.90 Å². The van der Waals surface area contributed by atoms with Crippen molar-refractivity contribution in [3.8, 4) is 0 Å². The summed E-state index contributed by atoms with van der Waals surface area (Å²) in [6.07, 6.45) is -4.98. The second kappa shape index (κ2) is 10.1. The van der Waals surface area contributed by atoms with Crippen molar-refractivity contribution in [2.24, 2.45) is 0 Å². The first-order chi connectivity index (χ1) is 16.0. The number of nitrogens with one attached hydrogen (secondary N) is 1. The SMILES string of the molecule is CCN(Cc1cccc(NC(=O)c2ccc(CS(=O)(=O)c3ccccc3)o2)c1)C(=O)C(F)(F)F. The number of halogens is 3. The van der Waals surface area contributed by atoms with E-state index in [1.807, 2.05) is 0 Å². The molecule has 0 atom stereocenters. The number of alkyl halides is 3. The van der Waals surface area contributed by atoms with Crippen LogP contribution in [0.25, 0.3) is 0 Å². The minimum absolute atomic E-state index is 0.0759. The van der Waals surface area contributed by atoms with E-state index >= 15 is 0 Å². The van der Waals surface area contributed by atoms with Crippen molar-refractivity contribution in [1.82, 2.24) is 4.90 Å². The van der Waals surface area contributed by atoms with Crippen LogP contribution in [-0.2, 0) is 26.9 Å². The lowest BCUT2D eigenvalue weighted by Gasteiger charge is -2.22. The molecular formula is C23H21F3N2O5S. The fourth-order valence-electron chi connectivity index (χ4n) is 3.14. The first-order valence-electron chi connectivity index (χ1n) is 10.1. The molecule has 0 unspecified atom stereocenters. The fourth-order valence-corrected chi connectivity index (χ4v) is 4.41. The molecule has 3 aromatic rings. The summed E-state index contributed by atoms with van der Waals surface area (Å²) in [5.74, 6) is -3.10. The van der Waals surface area contributed by atoms with Crippen molar-refractivity contribution in [3.63, 3.8) is 0 Å². The molecule has 34 heavy (non-hydrogen) atoms. The van der Waals surface area contributed by atoms with E-state index in [1.54, 1.807) is 18.2 Å². The number of carbonyl (C=O) groups is 2. The number of carbonyl (C=O) groups excluding carboxylic acids is 2. The van der Waals surface area contributed by atoms with E-state index in [9.17, 15) is 31.2 Å². The Morgan fingerprint density at radius 2 is 1.71 bits per heavy atom. The van der Waals surface area contributed by atoms with Crippen molar-refractivity contribution in [3.05, 3.63) is 83.8 Å². The number of hydrogen-bond acceptors (Lipinski definition) is 5. The second-order valence-corrected chi connectivity index (χ2v) is 9.30. The number of furan rings is 1. The number of nitrogens with zero attached hydrogens (tertiary/aromatic N) is 1. The summed E-state index contributed by atoms with van der Waals surface area (Å²) in [5, 5.41) is 2.55. The number of anilines is 1. The molecule has 1 aromatic heterocycles. The second-order valence-electron chi connectivity index (χ2n) is 7.31. The smallest absolute Gasteiger partial charge is 0.455 e. The Kier molecular flexibility index (Phi) is 7.45. The van der Waals surface area contributed by atoms with Gasteiger partial charge in [0.2, 0.25) is 0 Å². The topological polar surface area (TPSA) is 96.7 Å². The molecule has 0 aliphatic rings. The largest absolute Gasteiger partial charge is 0.471 e. The molecule has 1 N–H and O–H groups in total. The third kappa shape index (κ3) is 6.25. The van der Waals surface area contributed by atoms with Gasteiger partial charge in [-0.05, 0) is 48.9 Å². The molecule has 180 valence electrons. The highest BCUT2D eigenvalue weighted by Crippen LogP contribution is 2.22. The minimum Gasteiger partial charge on any atom is -0.455 e. The summed E-state index contributed by atoms with van der Waals surface area (Å²) in [7, 11) is -3.66. The molecule has 0 radical (unpaired) electrons. The summed E-state index contributed by atoms with van der Waals surface area (Å²) >= 11 is 0. The monoisotopic (exact) mass is 494 g/mol. The maximum Gasteiger partial charge on any atom is 0.471 e. The molecule has 0 saturated heterocycles. The van der Waals surface area contributed by atoms with Crippen molar-refractivity contribution in [2.45, 2.75) is 30.3 Å².